The summed E-state index contributed by atoms with van der Waals surface area (Å²) >= 11 is 0. The maximum absolute atomic E-state index is 13.0. The number of H-pyrrole nitrogens is 1. The summed E-state index contributed by atoms with van der Waals surface area (Å²) in [7, 11) is 0. The SMILES string of the molecule is CCCC(N)Cc1nc2ccc(F)cc2[nH]1. The van der Waals surface area contributed by atoms with Crippen LogP contribution >= 0.6 is 0 Å². The Morgan fingerprint density at radius 1 is 1.50 bits per heavy atom. The highest BCUT2D eigenvalue weighted by molar-refractivity contribution is 5.74. The predicted molar refractivity (Wildman–Crippen MR) is 62.6 cm³/mol. The molecule has 0 aliphatic heterocycles. The maximum Gasteiger partial charge on any atom is 0.125 e. The second-order valence-electron chi connectivity index (χ2n) is 4.10. The molecule has 2 rings (SSSR count). The van der Waals surface area contributed by atoms with E-state index in [1.54, 1.807) is 6.07 Å². The van der Waals surface area contributed by atoms with Crippen molar-refractivity contribution in [2.45, 2.75) is 32.2 Å². The van der Waals surface area contributed by atoms with Crippen molar-refractivity contribution in [3.05, 3.63) is 29.8 Å². The van der Waals surface area contributed by atoms with Crippen molar-refractivity contribution >= 4 is 11.0 Å². The molecule has 0 radical (unpaired) electrons. The van der Waals surface area contributed by atoms with Crippen LogP contribution in [0.3, 0.4) is 0 Å². The fourth-order valence-corrected chi connectivity index (χ4v) is 1.85. The molecule has 0 spiro atoms. The highest BCUT2D eigenvalue weighted by atomic mass is 19.1. The number of fused-ring (bicyclic) bond motifs is 1. The van der Waals surface area contributed by atoms with Gasteiger partial charge in [-0.05, 0) is 24.6 Å². The van der Waals surface area contributed by atoms with Crippen LogP contribution in [-0.4, -0.2) is 16.0 Å². The molecule has 1 unspecified atom stereocenters. The highest BCUT2D eigenvalue weighted by Crippen LogP contribution is 2.14. The average Bonchev–Trinajstić information content (AvgIpc) is 2.59. The second-order valence-corrected chi connectivity index (χ2v) is 4.10. The van der Waals surface area contributed by atoms with Gasteiger partial charge in [0.2, 0.25) is 0 Å². The van der Waals surface area contributed by atoms with E-state index in [1.165, 1.54) is 12.1 Å². The molecule has 0 saturated heterocycles. The molecule has 3 nitrogen and oxygen atoms in total. The van der Waals surface area contributed by atoms with E-state index in [1.807, 2.05) is 0 Å². The predicted octanol–water partition coefficient (Wildman–Crippen LogP) is 2.37. The van der Waals surface area contributed by atoms with Crippen LogP contribution < -0.4 is 5.73 Å². The molecule has 0 aliphatic carbocycles. The van der Waals surface area contributed by atoms with E-state index >= 15 is 0 Å². The minimum Gasteiger partial charge on any atom is -0.342 e. The lowest BCUT2D eigenvalue weighted by atomic mass is 10.1. The van der Waals surface area contributed by atoms with E-state index in [-0.39, 0.29) is 11.9 Å². The number of halogens is 1. The maximum atomic E-state index is 13.0. The van der Waals surface area contributed by atoms with Crippen LogP contribution in [0.25, 0.3) is 11.0 Å². The number of nitrogens with two attached hydrogens (primary N) is 1. The molecule has 0 bridgehead atoms. The van der Waals surface area contributed by atoms with Gasteiger partial charge in [-0.3, -0.25) is 0 Å². The summed E-state index contributed by atoms with van der Waals surface area (Å²) < 4.78 is 13.0. The molecule has 1 atom stereocenters. The number of rotatable bonds is 4. The summed E-state index contributed by atoms with van der Waals surface area (Å²) in [5, 5.41) is 0. The molecule has 0 amide bonds. The quantitative estimate of drug-likeness (QED) is 0.832. The Morgan fingerprint density at radius 3 is 3.06 bits per heavy atom. The van der Waals surface area contributed by atoms with Gasteiger partial charge in [0.1, 0.15) is 11.6 Å². The van der Waals surface area contributed by atoms with Gasteiger partial charge in [-0.25, -0.2) is 9.37 Å². The van der Waals surface area contributed by atoms with Gasteiger partial charge < -0.3 is 10.7 Å². The lowest BCUT2D eigenvalue weighted by Gasteiger charge is -2.06. The Bertz CT molecular complexity index is 478. The topological polar surface area (TPSA) is 54.7 Å². The van der Waals surface area contributed by atoms with Gasteiger partial charge in [0.25, 0.3) is 0 Å². The summed E-state index contributed by atoms with van der Waals surface area (Å²) in [6, 6.07) is 4.67. The van der Waals surface area contributed by atoms with Crippen LogP contribution in [0.2, 0.25) is 0 Å². The van der Waals surface area contributed by atoms with E-state index in [9.17, 15) is 4.39 Å². The number of aromatic nitrogens is 2. The molecule has 1 heterocycles. The van der Waals surface area contributed by atoms with Gasteiger partial charge in [0.05, 0.1) is 11.0 Å². The molecular formula is C12H16FN3. The first-order valence-electron chi connectivity index (χ1n) is 5.58. The molecule has 3 N–H and O–H groups in total. The van der Waals surface area contributed by atoms with Gasteiger partial charge in [0.15, 0.2) is 0 Å². The van der Waals surface area contributed by atoms with E-state index < -0.39 is 0 Å². The third-order valence-corrected chi connectivity index (χ3v) is 2.61. The lowest BCUT2D eigenvalue weighted by molar-refractivity contribution is 0.588. The third kappa shape index (κ3) is 2.39. The summed E-state index contributed by atoms with van der Waals surface area (Å²) in [4.78, 5) is 7.47. The largest absolute Gasteiger partial charge is 0.342 e. The molecule has 16 heavy (non-hydrogen) atoms. The molecule has 4 heteroatoms. The van der Waals surface area contributed by atoms with E-state index in [4.69, 9.17) is 5.73 Å². The van der Waals surface area contributed by atoms with Crippen LogP contribution in [0.4, 0.5) is 4.39 Å². The number of nitrogens with one attached hydrogen (secondary N) is 1. The van der Waals surface area contributed by atoms with Gasteiger partial charge >= 0.3 is 0 Å². The van der Waals surface area contributed by atoms with Crippen molar-refractivity contribution in [3.8, 4) is 0 Å². The zero-order valence-electron chi connectivity index (χ0n) is 9.33. The Morgan fingerprint density at radius 2 is 2.31 bits per heavy atom. The van der Waals surface area contributed by atoms with Gasteiger partial charge in [-0.2, -0.15) is 0 Å². The van der Waals surface area contributed by atoms with Gasteiger partial charge in [-0.1, -0.05) is 13.3 Å². The monoisotopic (exact) mass is 221 g/mol. The summed E-state index contributed by atoms with van der Waals surface area (Å²) in [6.07, 6.45) is 2.76. The fourth-order valence-electron chi connectivity index (χ4n) is 1.85. The number of imidazole rings is 1. The molecule has 1 aromatic heterocycles. The number of hydrogen-bond donors (Lipinski definition) is 2. The summed E-state index contributed by atoms with van der Waals surface area (Å²) in [5.41, 5.74) is 7.46. The highest BCUT2D eigenvalue weighted by Gasteiger charge is 2.08. The molecule has 0 aliphatic rings. The zero-order valence-corrected chi connectivity index (χ0v) is 9.33. The van der Waals surface area contributed by atoms with Crippen LogP contribution in [-0.2, 0) is 6.42 Å². The second kappa shape index (κ2) is 4.61. The minimum atomic E-state index is -0.249. The molecular weight excluding hydrogens is 205 g/mol. The Balaban J connectivity index is 2.19. The van der Waals surface area contributed by atoms with E-state index in [0.717, 1.165) is 29.7 Å². The van der Waals surface area contributed by atoms with Crippen LogP contribution in [0, 0.1) is 5.82 Å². The first-order valence-corrected chi connectivity index (χ1v) is 5.58. The van der Waals surface area contributed by atoms with Crippen molar-refractivity contribution < 1.29 is 4.39 Å². The van der Waals surface area contributed by atoms with Crippen molar-refractivity contribution in [2.24, 2.45) is 5.73 Å². The molecule has 0 saturated carbocycles. The van der Waals surface area contributed by atoms with Crippen LogP contribution in [0.1, 0.15) is 25.6 Å². The molecule has 0 fully saturated rings. The summed E-state index contributed by atoms with van der Waals surface area (Å²) in [6.45, 7) is 2.11. The van der Waals surface area contributed by atoms with E-state index in [2.05, 4.69) is 16.9 Å². The first kappa shape index (κ1) is 11.1. The van der Waals surface area contributed by atoms with Gasteiger partial charge in [-0.15, -0.1) is 0 Å². The zero-order chi connectivity index (χ0) is 11.5. The smallest absolute Gasteiger partial charge is 0.125 e. The molecule has 1 aromatic carbocycles. The minimum absolute atomic E-state index is 0.121. The third-order valence-electron chi connectivity index (χ3n) is 2.61. The fraction of sp³-hybridized carbons (Fsp3) is 0.417. The Kier molecular flexibility index (Phi) is 3.19. The standard InChI is InChI=1S/C12H16FN3/c1-2-3-9(14)7-12-15-10-5-4-8(13)6-11(10)16-12/h4-6,9H,2-3,7,14H2,1H3,(H,15,16). The number of benzene rings is 1. The average molecular weight is 221 g/mol. The summed E-state index contributed by atoms with van der Waals surface area (Å²) in [5.74, 6) is 0.585. The molecule has 2 aromatic rings. The number of nitrogens with zero attached hydrogens (tertiary/aromatic N) is 1. The Labute approximate surface area is 93.9 Å². The normalized spacial score (nSPS) is 13.2. The van der Waals surface area contributed by atoms with E-state index in [0.29, 0.717) is 6.42 Å². The number of aromatic amines is 1. The van der Waals surface area contributed by atoms with Crippen LogP contribution in [0.15, 0.2) is 18.2 Å². The lowest BCUT2D eigenvalue weighted by Crippen LogP contribution is -2.22. The van der Waals surface area contributed by atoms with Crippen molar-refractivity contribution in [2.75, 3.05) is 0 Å². The van der Waals surface area contributed by atoms with Crippen molar-refractivity contribution in [1.29, 1.82) is 0 Å². The van der Waals surface area contributed by atoms with Crippen molar-refractivity contribution in [1.82, 2.24) is 9.97 Å². The van der Waals surface area contributed by atoms with Crippen molar-refractivity contribution in [3.63, 3.8) is 0 Å². The van der Waals surface area contributed by atoms with Crippen LogP contribution in [0.5, 0.6) is 0 Å². The van der Waals surface area contributed by atoms with Gasteiger partial charge in [0, 0.05) is 12.5 Å². The Hall–Kier alpha value is -1.42. The first-order chi connectivity index (χ1) is 7.69. The molecule has 86 valence electrons. The number of hydrogen-bond acceptors (Lipinski definition) is 2.